The second-order valence-corrected chi connectivity index (χ2v) is 10.7. The second-order valence-electron chi connectivity index (χ2n) is 10.7. The average Bonchev–Trinajstić information content (AvgIpc) is 3.43. The highest BCUT2D eigenvalue weighted by Crippen LogP contribution is 2.48. The van der Waals surface area contributed by atoms with Crippen molar-refractivity contribution in [2.75, 3.05) is 33.0 Å². The fourth-order valence-electron chi connectivity index (χ4n) is 5.16. The quantitative estimate of drug-likeness (QED) is 0.559. The molecule has 2 fully saturated rings. The summed E-state index contributed by atoms with van der Waals surface area (Å²) in [5, 5.41) is 5.02. The Labute approximate surface area is 210 Å². The van der Waals surface area contributed by atoms with E-state index in [4.69, 9.17) is 25.0 Å². The van der Waals surface area contributed by atoms with Crippen molar-refractivity contribution in [2.24, 2.45) is 0 Å². The number of nitrogen functional groups attached to an aromatic ring is 1. The molecule has 192 valence electrons. The Bertz CT molecular complexity index is 1260. The lowest BCUT2D eigenvalue weighted by Gasteiger charge is -2.36. The Balaban J connectivity index is 1.38. The molecular weight excluding hydrogens is 460 g/mol. The van der Waals surface area contributed by atoms with Crippen LogP contribution in [0.15, 0.2) is 24.5 Å². The minimum atomic E-state index is -0.529. The minimum Gasteiger partial charge on any atom is -0.497 e. The third kappa shape index (κ3) is 4.52. The van der Waals surface area contributed by atoms with Crippen molar-refractivity contribution in [2.45, 2.75) is 63.5 Å². The molecule has 1 unspecified atom stereocenters. The molecule has 1 saturated heterocycles. The molecule has 10 heteroatoms. The van der Waals surface area contributed by atoms with Gasteiger partial charge in [-0.2, -0.15) is 5.10 Å². The van der Waals surface area contributed by atoms with E-state index < -0.39 is 5.60 Å². The molecule has 1 atom stereocenters. The predicted molar refractivity (Wildman–Crippen MR) is 135 cm³/mol. The summed E-state index contributed by atoms with van der Waals surface area (Å²) in [5.74, 6) is 2.42. The van der Waals surface area contributed by atoms with Crippen LogP contribution in [0.2, 0.25) is 0 Å². The molecule has 1 aromatic carbocycles. The standard InChI is InChI=1S/C26H34N6O4/c1-26(2,3)36-25(33)31-7-6-15(13-31)21-22-23(24(27)29-14-28-22)32(30-21)18-8-16(9-18)17-10-19(34-4)12-20(11-17)35-5/h10-12,14-16,18H,6-9,13H2,1-5H3,(H2,27,28,29). The molecule has 36 heavy (non-hydrogen) atoms. The number of aromatic nitrogens is 4. The molecule has 5 rings (SSSR count). The first-order valence-corrected chi connectivity index (χ1v) is 12.4. The van der Waals surface area contributed by atoms with E-state index in [1.54, 1.807) is 19.1 Å². The fourth-order valence-corrected chi connectivity index (χ4v) is 5.16. The maximum Gasteiger partial charge on any atom is 0.410 e. The van der Waals surface area contributed by atoms with Gasteiger partial charge < -0.3 is 24.8 Å². The van der Waals surface area contributed by atoms with Gasteiger partial charge in [-0.15, -0.1) is 0 Å². The molecule has 10 nitrogen and oxygen atoms in total. The zero-order valence-corrected chi connectivity index (χ0v) is 21.5. The van der Waals surface area contributed by atoms with Crippen molar-refractivity contribution in [1.82, 2.24) is 24.6 Å². The van der Waals surface area contributed by atoms with Crippen molar-refractivity contribution in [3.05, 3.63) is 35.8 Å². The van der Waals surface area contributed by atoms with Gasteiger partial charge in [0.15, 0.2) is 5.82 Å². The van der Waals surface area contributed by atoms with Crippen LogP contribution in [0.4, 0.5) is 10.6 Å². The van der Waals surface area contributed by atoms with Crippen molar-refractivity contribution in [3.63, 3.8) is 0 Å². The molecular formula is C26H34N6O4. The van der Waals surface area contributed by atoms with E-state index in [-0.39, 0.29) is 18.1 Å². The van der Waals surface area contributed by atoms with Gasteiger partial charge in [-0.25, -0.2) is 14.8 Å². The molecule has 1 aliphatic carbocycles. The molecule has 1 saturated carbocycles. The lowest BCUT2D eigenvalue weighted by molar-refractivity contribution is 0.0292. The SMILES string of the molecule is COc1cc(OC)cc(C2CC(n3nc(C4CCN(C(=O)OC(C)(C)C)C4)c4ncnc(N)c43)C2)c1. The van der Waals surface area contributed by atoms with Crippen LogP contribution in [-0.2, 0) is 4.74 Å². The van der Waals surface area contributed by atoms with Gasteiger partial charge in [-0.1, -0.05) is 0 Å². The van der Waals surface area contributed by atoms with Gasteiger partial charge >= 0.3 is 6.09 Å². The summed E-state index contributed by atoms with van der Waals surface area (Å²) in [5.41, 5.74) is 9.39. The topological polar surface area (TPSA) is 118 Å². The third-order valence-corrected chi connectivity index (χ3v) is 7.07. The number of benzene rings is 1. The van der Waals surface area contributed by atoms with Crippen LogP contribution in [0.1, 0.15) is 69.2 Å². The third-order valence-electron chi connectivity index (χ3n) is 7.07. The first-order chi connectivity index (χ1) is 17.2. The lowest BCUT2D eigenvalue weighted by atomic mass is 9.75. The smallest absolute Gasteiger partial charge is 0.410 e. The number of methoxy groups -OCH3 is 2. The summed E-state index contributed by atoms with van der Waals surface area (Å²) in [4.78, 5) is 23.2. The van der Waals surface area contributed by atoms with Crippen molar-refractivity contribution in [3.8, 4) is 11.5 Å². The number of nitrogens with two attached hydrogens (primary N) is 1. The summed E-state index contributed by atoms with van der Waals surface area (Å²) < 4.78 is 18.5. The lowest BCUT2D eigenvalue weighted by Crippen LogP contribution is -2.35. The number of hydrogen-bond acceptors (Lipinski definition) is 8. The molecule has 0 spiro atoms. The number of likely N-dealkylation sites (tertiary alicyclic amines) is 1. The summed E-state index contributed by atoms with van der Waals surface area (Å²) in [6, 6.07) is 6.20. The van der Waals surface area contributed by atoms with Crippen molar-refractivity contribution in [1.29, 1.82) is 0 Å². The summed E-state index contributed by atoms with van der Waals surface area (Å²) in [7, 11) is 3.32. The van der Waals surface area contributed by atoms with Gasteiger partial charge in [0.2, 0.25) is 0 Å². The predicted octanol–water partition coefficient (Wildman–Crippen LogP) is 4.27. The Hall–Kier alpha value is -3.56. The summed E-state index contributed by atoms with van der Waals surface area (Å²) >= 11 is 0. The van der Waals surface area contributed by atoms with E-state index in [0.29, 0.717) is 24.8 Å². The molecule has 3 aromatic rings. The van der Waals surface area contributed by atoms with Gasteiger partial charge in [0.05, 0.1) is 26.0 Å². The normalized spacial score (nSPS) is 21.9. The van der Waals surface area contributed by atoms with Gasteiger partial charge in [-0.3, -0.25) is 4.68 Å². The van der Waals surface area contributed by atoms with Crippen LogP contribution in [0.25, 0.3) is 11.0 Å². The van der Waals surface area contributed by atoms with Crippen LogP contribution in [0, 0.1) is 0 Å². The van der Waals surface area contributed by atoms with Crippen molar-refractivity contribution < 1.29 is 19.0 Å². The average molecular weight is 495 g/mol. The molecule has 0 bridgehead atoms. The van der Waals surface area contributed by atoms with Gasteiger partial charge in [0, 0.05) is 25.1 Å². The van der Waals surface area contributed by atoms with E-state index in [1.807, 2.05) is 31.5 Å². The Morgan fingerprint density at radius 3 is 2.39 bits per heavy atom. The van der Waals surface area contributed by atoms with E-state index >= 15 is 0 Å². The molecule has 2 aromatic heterocycles. The zero-order valence-electron chi connectivity index (χ0n) is 21.5. The largest absolute Gasteiger partial charge is 0.497 e. The van der Waals surface area contributed by atoms with E-state index in [2.05, 4.69) is 22.1 Å². The van der Waals surface area contributed by atoms with Gasteiger partial charge in [0.1, 0.15) is 34.5 Å². The van der Waals surface area contributed by atoms with Crippen LogP contribution in [0.3, 0.4) is 0 Å². The maximum absolute atomic E-state index is 12.6. The van der Waals surface area contributed by atoms with Crippen LogP contribution in [-0.4, -0.2) is 63.7 Å². The number of rotatable bonds is 5. The van der Waals surface area contributed by atoms with Crippen LogP contribution in [0.5, 0.6) is 11.5 Å². The maximum atomic E-state index is 12.6. The first-order valence-electron chi connectivity index (χ1n) is 12.4. The van der Waals surface area contributed by atoms with Crippen molar-refractivity contribution >= 4 is 22.9 Å². The molecule has 1 amide bonds. The fraction of sp³-hybridized carbons (Fsp3) is 0.538. The number of hydrogen-bond donors (Lipinski definition) is 1. The monoisotopic (exact) mass is 494 g/mol. The van der Waals surface area contributed by atoms with Crippen LogP contribution < -0.4 is 15.2 Å². The Kier molecular flexibility index (Phi) is 6.13. The number of nitrogens with zero attached hydrogens (tertiary/aromatic N) is 5. The highest BCUT2D eigenvalue weighted by Gasteiger charge is 2.38. The number of carbonyl (C=O) groups is 1. The summed E-state index contributed by atoms with van der Waals surface area (Å²) in [6.07, 6.45) is 3.82. The minimum absolute atomic E-state index is 0.0640. The Morgan fingerprint density at radius 1 is 1.06 bits per heavy atom. The number of anilines is 1. The molecule has 3 heterocycles. The first kappa shape index (κ1) is 24.1. The highest BCUT2D eigenvalue weighted by molar-refractivity contribution is 5.87. The number of amides is 1. The molecule has 2 aliphatic rings. The number of fused-ring (bicyclic) bond motifs is 1. The van der Waals surface area contributed by atoms with Gasteiger partial charge in [-0.05, 0) is 63.6 Å². The molecule has 0 radical (unpaired) electrons. The number of ether oxygens (including phenoxy) is 3. The van der Waals surface area contributed by atoms with E-state index in [0.717, 1.165) is 47.5 Å². The van der Waals surface area contributed by atoms with Crippen LogP contribution >= 0.6 is 0 Å². The molecule has 2 N–H and O–H groups in total. The summed E-state index contributed by atoms with van der Waals surface area (Å²) in [6.45, 7) is 6.79. The zero-order chi connectivity index (χ0) is 25.6. The van der Waals surface area contributed by atoms with E-state index in [1.165, 1.54) is 11.9 Å². The second kappa shape index (κ2) is 9.15. The number of carbonyl (C=O) groups excluding carboxylic acids is 1. The van der Waals surface area contributed by atoms with Gasteiger partial charge in [0.25, 0.3) is 0 Å². The van der Waals surface area contributed by atoms with E-state index in [9.17, 15) is 4.79 Å². The molecule has 1 aliphatic heterocycles. The highest BCUT2D eigenvalue weighted by atomic mass is 16.6. The Morgan fingerprint density at radius 2 is 1.75 bits per heavy atom.